The summed E-state index contributed by atoms with van der Waals surface area (Å²) in [5, 5.41) is 2.24. The molecule has 1 aromatic carbocycles. The van der Waals surface area contributed by atoms with Gasteiger partial charge in [-0.3, -0.25) is 10.2 Å². The third-order valence-corrected chi connectivity index (χ3v) is 2.06. The number of halogens is 2. The van der Waals surface area contributed by atoms with Crippen molar-refractivity contribution in [1.29, 1.82) is 0 Å². The number of hydrogen-bond acceptors (Lipinski definition) is 3. The number of carbonyl (C=O) groups is 2. The van der Waals surface area contributed by atoms with Crippen molar-refractivity contribution in [2.45, 2.75) is 0 Å². The van der Waals surface area contributed by atoms with E-state index in [1.807, 2.05) is 0 Å². The molecule has 0 fully saturated rings. The fraction of sp³-hybridized carbons (Fsp3) is 0.200. The van der Waals surface area contributed by atoms with Gasteiger partial charge in [-0.25, -0.2) is 14.6 Å². The first kappa shape index (κ1) is 14.2. The number of hydrazine groups is 1. The first-order chi connectivity index (χ1) is 8.52. The van der Waals surface area contributed by atoms with E-state index in [0.717, 1.165) is 6.07 Å². The number of ether oxygens (including phenoxy) is 1. The van der Waals surface area contributed by atoms with Crippen LogP contribution in [-0.2, 0) is 9.53 Å². The lowest BCUT2D eigenvalue weighted by atomic mass is 10.3. The largest absolute Gasteiger partial charge is 0.375 e. The summed E-state index contributed by atoms with van der Waals surface area (Å²) in [6, 6.07) is 2.99. The Bertz CT molecular complexity index is 456. The second kappa shape index (κ2) is 6.77. The fourth-order valence-electron chi connectivity index (χ4n) is 1.03. The molecule has 0 bridgehead atoms. The molecular formula is C10H11ClFN3O3. The summed E-state index contributed by atoms with van der Waals surface area (Å²) in [5.41, 5.74) is 4.47. The Morgan fingerprint density at radius 2 is 2.11 bits per heavy atom. The molecule has 1 rings (SSSR count). The molecule has 0 saturated heterocycles. The van der Waals surface area contributed by atoms with Crippen molar-refractivity contribution >= 4 is 29.2 Å². The second-order valence-corrected chi connectivity index (χ2v) is 3.60. The van der Waals surface area contributed by atoms with Gasteiger partial charge in [-0.15, -0.1) is 0 Å². The van der Waals surface area contributed by atoms with Gasteiger partial charge in [0.05, 0.1) is 5.02 Å². The lowest BCUT2D eigenvalue weighted by Crippen LogP contribution is -2.45. The molecule has 0 saturated carbocycles. The summed E-state index contributed by atoms with van der Waals surface area (Å²) in [6.45, 7) is -0.178. The molecule has 0 aromatic heterocycles. The van der Waals surface area contributed by atoms with Crippen molar-refractivity contribution < 1.29 is 18.7 Å². The summed E-state index contributed by atoms with van der Waals surface area (Å²) in [6.07, 6.45) is 0. The van der Waals surface area contributed by atoms with Gasteiger partial charge >= 0.3 is 6.03 Å². The number of nitrogens with one attached hydrogen (secondary N) is 3. The molecule has 18 heavy (non-hydrogen) atoms. The predicted molar refractivity (Wildman–Crippen MR) is 63.6 cm³/mol. The number of benzene rings is 1. The van der Waals surface area contributed by atoms with Gasteiger partial charge in [-0.1, -0.05) is 11.6 Å². The molecule has 1 aromatic rings. The Balaban J connectivity index is 2.44. The Morgan fingerprint density at radius 1 is 1.39 bits per heavy atom. The molecule has 0 aliphatic heterocycles. The van der Waals surface area contributed by atoms with Crippen LogP contribution in [0, 0.1) is 5.82 Å². The minimum atomic E-state index is -0.692. The third-order valence-electron chi connectivity index (χ3n) is 1.77. The lowest BCUT2D eigenvalue weighted by molar-refractivity contribution is -0.125. The first-order valence-electron chi connectivity index (χ1n) is 4.82. The highest BCUT2D eigenvalue weighted by atomic mass is 35.5. The van der Waals surface area contributed by atoms with Gasteiger partial charge in [-0.2, -0.15) is 0 Å². The molecule has 3 amide bonds. The molecular weight excluding hydrogens is 265 g/mol. The maximum absolute atomic E-state index is 12.8. The SMILES string of the molecule is COCC(=O)NNC(=O)Nc1ccc(F)c(Cl)c1. The van der Waals surface area contributed by atoms with Crippen LogP contribution in [-0.4, -0.2) is 25.7 Å². The zero-order chi connectivity index (χ0) is 13.5. The average molecular weight is 276 g/mol. The molecule has 0 aliphatic rings. The van der Waals surface area contributed by atoms with Crippen molar-refractivity contribution in [3.63, 3.8) is 0 Å². The predicted octanol–water partition coefficient (Wildman–Crippen LogP) is 1.28. The molecule has 0 radical (unpaired) electrons. The summed E-state index contributed by atoms with van der Waals surface area (Å²) in [7, 11) is 1.35. The van der Waals surface area contributed by atoms with E-state index in [9.17, 15) is 14.0 Å². The van der Waals surface area contributed by atoms with Crippen LogP contribution < -0.4 is 16.2 Å². The molecule has 98 valence electrons. The standard InChI is InChI=1S/C10H11ClFN3O3/c1-18-5-9(16)14-15-10(17)13-6-2-3-8(12)7(11)4-6/h2-4H,5H2,1H3,(H,14,16)(H2,13,15,17). The highest BCUT2D eigenvalue weighted by Gasteiger charge is 2.06. The molecule has 3 N–H and O–H groups in total. The minimum Gasteiger partial charge on any atom is -0.375 e. The van der Waals surface area contributed by atoms with E-state index < -0.39 is 17.8 Å². The quantitative estimate of drug-likeness (QED) is 0.727. The van der Waals surface area contributed by atoms with Crippen LogP contribution in [0.1, 0.15) is 0 Å². The van der Waals surface area contributed by atoms with E-state index in [4.69, 9.17) is 11.6 Å². The molecule has 0 unspecified atom stereocenters. The van der Waals surface area contributed by atoms with Crippen LogP contribution in [0.25, 0.3) is 0 Å². The normalized spacial score (nSPS) is 9.72. The molecule has 0 spiro atoms. The molecule has 8 heteroatoms. The van der Waals surface area contributed by atoms with Crippen LogP contribution >= 0.6 is 11.6 Å². The van der Waals surface area contributed by atoms with E-state index in [1.54, 1.807) is 0 Å². The maximum Gasteiger partial charge on any atom is 0.337 e. The summed E-state index contributed by atoms with van der Waals surface area (Å²) < 4.78 is 17.4. The van der Waals surface area contributed by atoms with Crippen molar-refractivity contribution in [2.24, 2.45) is 0 Å². The van der Waals surface area contributed by atoms with Gasteiger partial charge in [0.2, 0.25) is 0 Å². The Morgan fingerprint density at radius 3 is 2.72 bits per heavy atom. The topological polar surface area (TPSA) is 79.5 Å². The number of methoxy groups -OCH3 is 1. The van der Waals surface area contributed by atoms with Crippen molar-refractivity contribution in [3.05, 3.63) is 29.0 Å². The number of hydrogen-bond donors (Lipinski definition) is 3. The van der Waals surface area contributed by atoms with Crippen molar-refractivity contribution in [2.75, 3.05) is 19.0 Å². The number of amides is 3. The molecule has 0 aliphatic carbocycles. The fourth-order valence-corrected chi connectivity index (χ4v) is 1.21. The Hall–Kier alpha value is -1.86. The van der Waals surface area contributed by atoms with Crippen LogP contribution in [0.4, 0.5) is 14.9 Å². The minimum absolute atomic E-state index is 0.115. The van der Waals surface area contributed by atoms with Crippen LogP contribution in [0.3, 0.4) is 0 Å². The van der Waals surface area contributed by atoms with Gasteiger partial charge in [0, 0.05) is 12.8 Å². The number of carbonyl (C=O) groups excluding carboxylic acids is 2. The number of rotatable bonds is 3. The van der Waals surface area contributed by atoms with Crippen molar-refractivity contribution in [3.8, 4) is 0 Å². The van der Waals surface area contributed by atoms with Gasteiger partial charge in [0.1, 0.15) is 12.4 Å². The van der Waals surface area contributed by atoms with E-state index in [1.165, 1.54) is 19.2 Å². The Kier molecular flexibility index (Phi) is 5.34. The van der Waals surface area contributed by atoms with Crippen molar-refractivity contribution in [1.82, 2.24) is 10.9 Å². The number of anilines is 1. The van der Waals surface area contributed by atoms with E-state index in [-0.39, 0.29) is 11.6 Å². The van der Waals surface area contributed by atoms with E-state index in [2.05, 4.69) is 20.9 Å². The zero-order valence-electron chi connectivity index (χ0n) is 9.42. The second-order valence-electron chi connectivity index (χ2n) is 3.19. The van der Waals surface area contributed by atoms with Gasteiger partial charge in [0.25, 0.3) is 5.91 Å². The lowest BCUT2D eigenvalue weighted by Gasteiger charge is -2.08. The summed E-state index contributed by atoms with van der Waals surface area (Å²) in [4.78, 5) is 22.3. The summed E-state index contributed by atoms with van der Waals surface area (Å²) in [5.74, 6) is -1.10. The maximum atomic E-state index is 12.8. The molecule has 6 nitrogen and oxygen atoms in total. The Labute approximate surface area is 107 Å². The van der Waals surface area contributed by atoms with Crippen LogP contribution in [0.15, 0.2) is 18.2 Å². The monoisotopic (exact) mass is 275 g/mol. The molecule has 0 heterocycles. The average Bonchev–Trinajstić information content (AvgIpc) is 2.32. The zero-order valence-corrected chi connectivity index (χ0v) is 10.2. The van der Waals surface area contributed by atoms with E-state index in [0.29, 0.717) is 5.69 Å². The highest BCUT2D eigenvalue weighted by molar-refractivity contribution is 6.31. The molecule has 0 atom stereocenters. The smallest absolute Gasteiger partial charge is 0.337 e. The third kappa shape index (κ3) is 4.56. The highest BCUT2D eigenvalue weighted by Crippen LogP contribution is 2.18. The van der Waals surface area contributed by atoms with E-state index >= 15 is 0 Å². The number of urea groups is 1. The van der Waals surface area contributed by atoms with Gasteiger partial charge in [0.15, 0.2) is 0 Å². The van der Waals surface area contributed by atoms with Crippen LogP contribution in [0.2, 0.25) is 5.02 Å². The first-order valence-corrected chi connectivity index (χ1v) is 5.20. The van der Waals surface area contributed by atoms with Gasteiger partial charge < -0.3 is 10.1 Å². The van der Waals surface area contributed by atoms with Gasteiger partial charge in [-0.05, 0) is 18.2 Å². The van der Waals surface area contributed by atoms with Crippen LogP contribution in [0.5, 0.6) is 0 Å². The summed E-state index contributed by atoms with van der Waals surface area (Å²) >= 11 is 5.53.